The van der Waals surface area contributed by atoms with Gasteiger partial charge in [0.2, 0.25) is 0 Å². The van der Waals surface area contributed by atoms with Crippen molar-refractivity contribution in [1.29, 1.82) is 0 Å². The summed E-state index contributed by atoms with van der Waals surface area (Å²) in [6.45, 7) is 2.50. The van der Waals surface area contributed by atoms with E-state index in [4.69, 9.17) is 32.2 Å². The van der Waals surface area contributed by atoms with Crippen LogP contribution in [0.4, 0.5) is 4.79 Å². The topological polar surface area (TPSA) is 94.2 Å². The summed E-state index contributed by atoms with van der Waals surface area (Å²) in [5, 5.41) is 2.46. The Morgan fingerprint density at radius 1 is 1.09 bits per heavy atom. The van der Waals surface area contributed by atoms with Crippen LogP contribution in [0.5, 0.6) is 17.2 Å². The number of ether oxygens (including phenoxy) is 3. The molecule has 0 atom stereocenters. The lowest BCUT2D eigenvalue weighted by atomic mass is 10.1. The molecule has 1 heterocycles. The summed E-state index contributed by atoms with van der Waals surface area (Å²) in [6.07, 6.45) is 7.37. The monoisotopic (exact) mass is 482 g/mol. The van der Waals surface area contributed by atoms with Gasteiger partial charge in [-0.3, -0.25) is 19.8 Å². The zero-order valence-electron chi connectivity index (χ0n) is 18.7. The van der Waals surface area contributed by atoms with Crippen molar-refractivity contribution < 1.29 is 28.6 Å². The Labute approximate surface area is 202 Å². The average molecular weight is 483 g/mol. The lowest BCUT2D eigenvalue weighted by Crippen LogP contribution is -2.53. The fourth-order valence-electron chi connectivity index (χ4n) is 3.17. The number of hydrogen-bond acceptors (Lipinski definition) is 6. The zero-order valence-corrected chi connectivity index (χ0v) is 19.5. The van der Waals surface area contributed by atoms with Crippen LogP contribution in [0.3, 0.4) is 0 Å². The Hall–Kier alpha value is -3.96. The van der Waals surface area contributed by atoms with Crippen LogP contribution in [-0.4, -0.2) is 43.1 Å². The van der Waals surface area contributed by atoms with Crippen LogP contribution in [0.2, 0.25) is 5.02 Å². The van der Waals surface area contributed by atoms with Gasteiger partial charge in [0.05, 0.1) is 25.3 Å². The molecule has 1 aliphatic rings. The van der Waals surface area contributed by atoms with E-state index in [-0.39, 0.29) is 23.7 Å². The first-order valence-corrected chi connectivity index (χ1v) is 10.8. The number of nitrogens with one attached hydrogen (secondary N) is 1. The maximum Gasteiger partial charge on any atom is 0.331 e. The minimum atomic E-state index is -0.812. The number of carbonyl (C=O) groups is 3. The molecule has 1 saturated heterocycles. The second-order valence-corrected chi connectivity index (χ2v) is 7.63. The lowest BCUT2D eigenvalue weighted by molar-refractivity contribution is -0.130. The number of terminal acetylenes is 1. The SMILES string of the molecule is C#CCOc1ccc(/C=C2\C(=O)NC(=O)N(Cc3ccc(OCCC)c(OC)c3)C2=O)cc1Cl. The van der Waals surface area contributed by atoms with E-state index < -0.39 is 17.8 Å². The third-order valence-corrected chi connectivity index (χ3v) is 5.09. The first-order chi connectivity index (χ1) is 16.4. The number of amides is 4. The summed E-state index contributed by atoms with van der Waals surface area (Å²) in [5.74, 6) is 2.22. The number of barbiturate groups is 1. The number of halogens is 1. The molecule has 0 aromatic heterocycles. The second kappa shape index (κ2) is 11.3. The number of hydrogen-bond donors (Lipinski definition) is 1. The molecule has 0 spiro atoms. The minimum absolute atomic E-state index is 0.0502. The van der Waals surface area contributed by atoms with E-state index >= 15 is 0 Å². The van der Waals surface area contributed by atoms with E-state index in [1.807, 2.05) is 6.92 Å². The molecular formula is C25H23ClN2O6. The molecule has 0 unspecified atom stereocenters. The van der Waals surface area contributed by atoms with Crippen molar-refractivity contribution in [2.24, 2.45) is 0 Å². The van der Waals surface area contributed by atoms with Crippen molar-refractivity contribution in [3.8, 4) is 29.6 Å². The maximum absolute atomic E-state index is 13.1. The van der Waals surface area contributed by atoms with Gasteiger partial charge in [-0.1, -0.05) is 36.6 Å². The Kier molecular flexibility index (Phi) is 8.17. The highest BCUT2D eigenvalue weighted by molar-refractivity contribution is 6.33. The van der Waals surface area contributed by atoms with Gasteiger partial charge in [0.15, 0.2) is 11.5 Å². The number of imide groups is 2. The molecule has 1 N–H and O–H groups in total. The standard InChI is InChI=1S/C25H23ClN2O6/c1-4-10-33-20-8-6-16(13-19(20)26)12-18-23(29)27-25(31)28(24(18)30)15-17-7-9-21(34-11-5-2)22(14-17)32-3/h1,6-9,12-14H,5,10-11,15H2,2-3H3,(H,27,29,31)/b18-12+. The van der Waals surface area contributed by atoms with Crippen LogP contribution >= 0.6 is 11.6 Å². The highest BCUT2D eigenvalue weighted by Crippen LogP contribution is 2.30. The first kappa shape index (κ1) is 24.7. The number of urea groups is 1. The summed E-state index contributed by atoms with van der Waals surface area (Å²) in [5.41, 5.74) is 0.892. The van der Waals surface area contributed by atoms with Crippen molar-refractivity contribution in [2.45, 2.75) is 19.9 Å². The first-order valence-electron chi connectivity index (χ1n) is 10.4. The summed E-state index contributed by atoms with van der Waals surface area (Å²) < 4.78 is 16.3. The zero-order chi connectivity index (χ0) is 24.7. The van der Waals surface area contributed by atoms with E-state index in [0.29, 0.717) is 35.0 Å². The van der Waals surface area contributed by atoms with Crippen molar-refractivity contribution in [3.63, 3.8) is 0 Å². The van der Waals surface area contributed by atoms with Gasteiger partial charge in [-0.25, -0.2) is 4.79 Å². The molecule has 0 bridgehead atoms. The minimum Gasteiger partial charge on any atom is -0.493 e. The van der Waals surface area contributed by atoms with Crippen molar-refractivity contribution in [1.82, 2.24) is 10.2 Å². The summed E-state index contributed by atoms with van der Waals surface area (Å²) in [7, 11) is 1.50. The summed E-state index contributed by atoms with van der Waals surface area (Å²) >= 11 is 6.19. The van der Waals surface area contributed by atoms with Gasteiger partial charge in [0.25, 0.3) is 11.8 Å². The smallest absolute Gasteiger partial charge is 0.331 e. The molecule has 0 saturated carbocycles. The molecule has 2 aromatic carbocycles. The van der Waals surface area contributed by atoms with Crippen LogP contribution in [0.1, 0.15) is 24.5 Å². The van der Waals surface area contributed by atoms with Gasteiger partial charge < -0.3 is 14.2 Å². The summed E-state index contributed by atoms with van der Waals surface area (Å²) in [4.78, 5) is 38.8. The largest absolute Gasteiger partial charge is 0.493 e. The lowest BCUT2D eigenvalue weighted by Gasteiger charge is -2.26. The number of carbonyl (C=O) groups excluding carboxylic acids is 3. The van der Waals surface area contributed by atoms with E-state index in [9.17, 15) is 14.4 Å². The maximum atomic E-state index is 13.1. The molecular weight excluding hydrogens is 460 g/mol. The van der Waals surface area contributed by atoms with Crippen LogP contribution in [0, 0.1) is 12.3 Å². The van der Waals surface area contributed by atoms with Gasteiger partial charge in [0.1, 0.15) is 17.9 Å². The summed E-state index contributed by atoms with van der Waals surface area (Å²) in [6, 6.07) is 9.03. The Morgan fingerprint density at radius 3 is 2.53 bits per heavy atom. The third kappa shape index (κ3) is 5.69. The highest BCUT2D eigenvalue weighted by atomic mass is 35.5. The molecule has 0 radical (unpaired) electrons. The molecule has 1 fully saturated rings. The number of benzene rings is 2. The van der Waals surface area contributed by atoms with Gasteiger partial charge in [0, 0.05) is 0 Å². The quantitative estimate of drug-likeness (QED) is 0.332. The van der Waals surface area contributed by atoms with Crippen LogP contribution in [-0.2, 0) is 16.1 Å². The van der Waals surface area contributed by atoms with Gasteiger partial charge >= 0.3 is 6.03 Å². The molecule has 2 aromatic rings. The van der Waals surface area contributed by atoms with E-state index in [2.05, 4.69) is 11.2 Å². The second-order valence-electron chi connectivity index (χ2n) is 7.22. The van der Waals surface area contributed by atoms with E-state index in [0.717, 1.165) is 11.3 Å². The van der Waals surface area contributed by atoms with E-state index in [1.54, 1.807) is 30.3 Å². The predicted molar refractivity (Wildman–Crippen MR) is 127 cm³/mol. The predicted octanol–water partition coefficient (Wildman–Crippen LogP) is 3.81. The van der Waals surface area contributed by atoms with Gasteiger partial charge in [-0.15, -0.1) is 6.42 Å². The molecule has 1 aliphatic heterocycles. The van der Waals surface area contributed by atoms with Crippen molar-refractivity contribution in [2.75, 3.05) is 20.3 Å². The van der Waals surface area contributed by atoms with Crippen molar-refractivity contribution >= 4 is 35.5 Å². The molecule has 34 heavy (non-hydrogen) atoms. The van der Waals surface area contributed by atoms with Gasteiger partial charge in [-0.05, 0) is 47.9 Å². The molecule has 176 valence electrons. The van der Waals surface area contributed by atoms with Crippen LogP contribution < -0.4 is 19.5 Å². The molecule has 0 aliphatic carbocycles. The van der Waals surface area contributed by atoms with Gasteiger partial charge in [-0.2, -0.15) is 0 Å². The Morgan fingerprint density at radius 2 is 1.85 bits per heavy atom. The number of nitrogens with zero attached hydrogens (tertiary/aromatic N) is 1. The van der Waals surface area contributed by atoms with Crippen molar-refractivity contribution in [3.05, 3.63) is 58.1 Å². The average Bonchev–Trinajstić information content (AvgIpc) is 2.82. The normalized spacial score (nSPS) is 14.6. The Bertz CT molecular complexity index is 1180. The number of methoxy groups -OCH3 is 1. The fraction of sp³-hybridized carbons (Fsp3) is 0.240. The van der Waals surface area contributed by atoms with Crippen LogP contribution in [0.15, 0.2) is 42.0 Å². The molecule has 4 amide bonds. The molecule has 8 nitrogen and oxygen atoms in total. The number of rotatable bonds is 9. The van der Waals surface area contributed by atoms with E-state index in [1.165, 1.54) is 19.3 Å². The Balaban J connectivity index is 1.84. The fourth-order valence-corrected chi connectivity index (χ4v) is 3.42. The molecule has 3 rings (SSSR count). The third-order valence-electron chi connectivity index (χ3n) is 4.79. The molecule has 9 heteroatoms. The highest BCUT2D eigenvalue weighted by Gasteiger charge is 2.35. The van der Waals surface area contributed by atoms with Crippen LogP contribution in [0.25, 0.3) is 6.08 Å².